The number of ether oxygens (including phenoxy) is 1. The Morgan fingerprint density at radius 1 is 0.795 bits per heavy atom. The first-order valence-corrected chi connectivity index (χ1v) is 14.6. The second kappa shape index (κ2) is 13.2. The summed E-state index contributed by atoms with van der Waals surface area (Å²) >= 11 is 0. The number of phenolic OH excluding ortho intramolecular Hbond substituents is 1. The van der Waals surface area contributed by atoms with Crippen LogP contribution in [0.15, 0.2) is 85.1 Å². The number of hydrogen-bond acceptors (Lipinski definition) is 5. The molecule has 0 radical (unpaired) electrons. The minimum absolute atomic E-state index is 0.197. The lowest BCUT2D eigenvalue weighted by Crippen LogP contribution is -2.34. The van der Waals surface area contributed by atoms with E-state index < -0.39 is 10.8 Å². The van der Waals surface area contributed by atoms with Crippen LogP contribution in [0.3, 0.4) is 0 Å². The van der Waals surface area contributed by atoms with E-state index in [1.165, 1.54) is 0 Å². The average molecular weight is 595 g/mol. The third-order valence-corrected chi connectivity index (χ3v) is 7.29. The summed E-state index contributed by atoms with van der Waals surface area (Å²) in [7, 11) is 1.54. The van der Waals surface area contributed by atoms with Gasteiger partial charge < -0.3 is 25.4 Å². The summed E-state index contributed by atoms with van der Waals surface area (Å²) in [6, 6.07) is 23.5. The topological polar surface area (TPSA) is 104 Å². The molecule has 0 spiro atoms. The average Bonchev–Trinajstić information content (AvgIpc) is 2.97. The number of hydrogen-bond donors (Lipinski definition) is 3. The largest absolute Gasteiger partial charge is 0.507 e. The zero-order valence-corrected chi connectivity index (χ0v) is 26.6. The smallest absolute Gasteiger partial charge is 0.322 e. The molecule has 0 aliphatic rings. The number of aromatic nitrogens is 1. The van der Waals surface area contributed by atoms with Crippen molar-refractivity contribution in [1.82, 2.24) is 9.88 Å². The van der Waals surface area contributed by atoms with Crippen LogP contribution in [0.5, 0.6) is 11.5 Å². The van der Waals surface area contributed by atoms with E-state index in [9.17, 15) is 14.7 Å². The zero-order chi connectivity index (χ0) is 32.1. The fourth-order valence-corrected chi connectivity index (χ4v) is 4.85. The highest BCUT2D eigenvalue weighted by Gasteiger charge is 2.28. The third-order valence-electron chi connectivity index (χ3n) is 7.29. The quantitative estimate of drug-likeness (QED) is 0.193. The molecule has 3 amide bonds. The Bertz CT molecular complexity index is 1530. The van der Waals surface area contributed by atoms with E-state index in [4.69, 9.17) is 4.74 Å². The Morgan fingerprint density at radius 2 is 1.43 bits per heavy atom. The minimum Gasteiger partial charge on any atom is -0.507 e. The van der Waals surface area contributed by atoms with Gasteiger partial charge >= 0.3 is 6.03 Å². The lowest BCUT2D eigenvalue weighted by Gasteiger charge is -2.28. The molecule has 0 fully saturated rings. The molecular formula is C36H42N4O4. The van der Waals surface area contributed by atoms with Crippen molar-refractivity contribution in [3.05, 3.63) is 113 Å². The molecule has 0 unspecified atom stereocenters. The van der Waals surface area contributed by atoms with Gasteiger partial charge in [0.25, 0.3) is 5.91 Å². The number of carbonyl (C=O) groups excluding carboxylic acids is 2. The maximum absolute atomic E-state index is 13.8. The summed E-state index contributed by atoms with van der Waals surface area (Å²) in [6.45, 7) is 12.6. The van der Waals surface area contributed by atoms with Gasteiger partial charge in [0.1, 0.15) is 11.5 Å². The van der Waals surface area contributed by atoms with Gasteiger partial charge in [0.05, 0.1) is 30.7 Å². The first-order chi connectivity index (χ1) is 20.8. The highest BCUT2D eigenvalue weighted by atomic mass is 16.5. The van der Waals surface area contributed by atoms with Crippen LogP contribution in [-0.4, -0.2) is 34.0 Å². The predicted molar refractivity (Wildman–Crippen MR) is 175 cm³/mol. The number of carbonyl (C=O) groups is 2. The Labute approximate surface area is 260 Å². The molecule has 1 aromatic heterocycles. The number of nitrogens with zero attached hydrogens (tertiary/aromatic N) is 2. The van der Waals surface area contributed by atoms with E-state index in [2.05, 4.69) is 15.6 Å². The van der Waals surface area contributed by atoms with Gasteiger partial charge in [0, 0.05) is 35.5 Å². The van der Waals surface area contributed by atoms with Crippen molar-refractivity contribution in [2.24, 2.45) is 0 Å². The number of methoxy groups -OCH3 is 1. The molecular weight excluding hydrogens is 552 g/mol. The molecule has 0 atom stereocenters. The maximum atomic E-state index is 13.8. The summed E-state index contributed by atoms with van der Waals surface area (Å²) < 4.78 is 5.44. The van der Waals surface area contributed by atoms with E-state index in [-0.39, 0.29) is 24.2 Å². The molecule has 4 rings (SSSR count). The number of nitrogens with one attached hydrogen (secondary N) is 2. The van der Waals surface area contributed by atoms with Crippen LogP contribution in [0.4, 0.5) is 16.2 Å². The maximum Gasteiger partial charge on any atom is 0.322 e. The fourth-order valence-electron chi connectivity index (χ4n) is 4.85. The summed E-state index contributed by atoms with van der Waals surface area (Å²) in [5.74, 6) is 0.339. The number of benzene rings is 3. The predicted octanol–water partition coefficient (Wildman–Crippen LogP) is 7.88. The molecule has 3 aromatic carbocycles. The van der Waals surface area contributed by atoms with Gasteiger partial charge in [-0.1, -0.05) is 77.9 Å². The Morgan fingerprint density at radius 3 is 2.00 bits per heavy atom. The molecule has 44 heavy (non-hydrogen) atoms. The number of amides is 3. The van der Waals surface area contributed by atoms with Crippen molar-refractivity contribution < 1.29 is 19.4 Å². The molecule has 0 aliphatic heterocycles. The second-order valence-corrected chi connectivity index (χ2v) is 12.9. The van der Waals surface area contributed by atoms with E-state index in [1.807, 2.05) is 90.1 Å². The first-order valence-electron chi connectivity index (χ1n) is 14.6. The molecule has 0 saturated carbocycles. The van der Waals surface area contributed by atoms with Gasteiger partial charge in [-0.2, -0.15) is 0 Å². The number of anilines is 2. The van der Waals surface area contributed by atoms with Crippen molar-refractivity contribution in [2.45, 2.75) is 65.5 Å². The van der Waals surface area contributed by atoms with Gasteiger partial charge in [-0.25, -0.2) is 4.79 Å². The van der Waals surface area contributed by atoms with Crippen molar-refractivity contribution in [3.63, 3.8) is 0 Å². The Kier molecular flexibility index (Phi) is 9.62. The molecule has 230 valence electrons. The van der Waals surface area contributed by atoms with Crippen LogP contribution < -0.4 is 15.4 Å². The minimum atomic E-state index is -0.398. The van der Waals surface area contributed by atoms with Crippen LogP contribution >= 0.6 is 0 Å². The van der Waals surface area contributed by atoms with Crippen LogP contribution in [0, 0.1) is 0 Å². The standard InChI is InChI=1S/C36H42N4O4/c1-35(2,3)28-19-25(20-29(32(28)41)36(4,5)6)33(42)38-31-21-27(44-7)16-17-30(31)39-34(43)40(22-24-13-9-8-10-14-24)23-26-15-11-12-18-37-26/h8-21,41H,22-23H2,1-7H3,(H,38,42)(H,39,43). The van der Waals surface area contributed by atoms with Crippen molar-refractivity contribution in [1.29, 1.82) is 0 Å². The SMILES string of the molecule is COc1ccc(NC(=O)N(Cc2ccccc2)Cc2ccccn2)c(NC(=O)c2cc(C(C)(C)C)c(O)c(C(C)(C)C)c2)c1. The second-order valence-electron chi connectivity index (χ2n) is 12.9. The van der Waals surface area contributed by atoms with E-state index in [1.54, 1.807) is 48.5 Å². The lowest BCUT2D eigenvalue weighted by atomic mass is 9.78. The van der Waals surface area contributed by atoms with Crippen molar-refractivity contribution in [3.8, 4) is 11.5 Å². The fraction of sp³-hybridized carbons (Fsp3) is 0.306. The highest BCUT2D eigenvalue weighted by Crippen LogP contribution is 2.40. The molecule has 8 nitrogen and oxygen atoms in total. The van der Waals surface area contributed by atoms with Gasteiger partial charge in [-0.3, -0.25) is 9.78 Å². The number of rotatable bonds is 8. The van der Waals surface area contributed by atoms with Crippen molar-refractivity contribution >= 4 is 23.3 Å². The van der Waals surface area contributed by atoms with Crippen LogP contribution in [0.1, 0.15) is 74.3 Å². The van der Waals surface area contributed by atoms with E-state index in [0.29, 0.717) is 40.4 Å². The van der Waals surface area contributed by atoms with E-state index >= 15 is 0 Å². The van der Waals surface area contributed by atoms with Crippen molar-refractivity contribution in [2.75, 3.05) is 17.7 Å². The van der Waals surface area contributed by atoms with Crippen LogP contribution in [0.25, 0.3) is 0 Å². The number of aromatic hydroxyl groups is 1. The third kappa shape index (κ3) is 7.95. The molecule has 0 bridgehead atoms. The number of urea groups is 1. The molecule has 4 aromatic rings. The molecule has 0 saturated heterocycles. The summed E-state index contributed by atoms with van der Waals surface area (Å²) in [4.78, 5) is 33.6. The Balaban J connectivity index is 1.67. The van der Waals surface area contributed by atoms with Gasteiger partial charge in [0.2, 0.25) is 0 Å². The monoisotopic (exact) mass is 594 g/mol. The summed E-state index contributed by atoms with van der Waals surface area (Å²) in [5, 5.41) is 17.1. The molecule has 3 N–H and O–H groups in total. The van der Waals surface area contributed by atoms with Crippen LogP contribution in [0.2, 0.25) is 0 Å². The van der Waals surface area contributed by atoms with Gasteiger partial charge in [-0.15, -0.1) is 0 Å². The molecule has 0 aliphatic carbocycles. The number of phenols is 1. The number of pyridine rings is 1. The first kappa shape index (κ1) is 32.1. The normalized spacial score (nSPS) is 11.5. The van der Waals surface area contributed by atoms with Gasteiger partial charge in [-0.05, 0) is 52.8 Å². The Hall–Kier alpha value is -4.85. The van der Waals surface area contributed by atoms with E-state index in [0.717, 1.165) is 11.3 Å². The van der Waals surface area contributed by atoms with Gasteiger partial charge in [0.15, 0.2) is 0 Å². The zero-order valence-electron chi connectivity index (χ0n) is 26.6. The molecule has 8 heteroatoms. The molecule has 1 heterocycles. The lowest BCUT2D eigenvalue weighted by molar-refractivity contribution is 0.102. The van der Waals surface area contributed by atoms with Crippen LogP contribution in [-0.2, 0) is 23.9 Å². The summed E-state index contributed by atoms with van der Waals surface area (Å²) in [5.41, 5.74) is 3.48. The highest BCUT2D eigenvalue weighted by molar-refractivity contribution is 6.07. The summed E-state index contributed by atoms with van der Waals surface area (Å²) in [6.07, 6.45) is 1.70.